The highest BCUT2D eigenvalue weighted by molar-refractivity contribution is 5.17. The minimum absolute atomic E-state index is 1.24. The molecule has 0 unspecified atom stereocenters. The number of rotatable bonds is 7. The normalized spacial score (nSPS) is 14.6. The summed E-state index contributed by atoms with van der Waals surface area (Å²) in [4.78, 5) is 0. The Kier molecular flexibility index (Phi) is 5.78. The van der Waals surface area contributed by atoms with E-state index in [-0.39, 0.29) is 0 Å². The third kappa shape index (κ3) is 4.91. The summed E-state index contributed by atoms with van der Waals surface area (Å²) in [6.45, 7) is 0. The maximum atomic E-state index is 2.31. The van der Waals surface area contributed by atoms with Gasteiger partial charge in [0.1, 0.15) is 0 Å². The van der Waals surface area contributed by atoms with Crippen LogP contribution < -0.4 is 0 Å². The van der Waals surface area contributed by atoms with Crippen molar-refractivity contribution in [2.75, 3.05) is 0 Å². The van der Waals surface area contributed by atoms with E-state index in [1.807, 2.05) is 0 Å². The van der Waals surface area contributed by atoms with Gasteiger partial charge < -0.3 is 0 Å². The lowest BCUT2D eigenvalue weighted by molar-refractivity contribution is 0.631. The molecule has 0 fully saturated rings. The summed E-state index contributed by atoms with van der Waals surface area (Å²) in [5, 5.41) is 0. The predicted octanol–water partition coefficient (Wildman–Crippen LogP) is 5.46. The molecule has 96 valence electrons. The first kappa shape index (κ1) is 13.1. The van der Waals surface area contributed by atoms with E-state index in [2.05, 4.69) is 48.6 Å². The monoisotopic (exact) mass is 240 g/mol. The average molecular weight is 240 g/mol. The lowest BCUT2D eigenvalue weighted by Crippen LogP contribution is -1.89. The molecule has 0 bridgehead atoms. The summed E-state index contributed by atoms with van der Waals surface area (Å²) in [5.41, 5.74) is 3.14. The molecule has 0 saturated heterocycles. The number of aryl methyl sites for hydroxylation is 1. The van der Waals surface area contributed by atoms with Crippen LogP contribution in [-0.4, -0.2) is 0 Å². The van der Waals surface area contributed by atoms with Crippen molar-refractivity contribution in [1.29, 1.82) is 0 Å². The first-order valence-electron chi connectivity index (χ1n) is 7.33. The van der Waals surface area contributed by atoms with Gasteiger partial charge in [0.2, 0.25) is 0 Å². The van der Waals surface area contributed by atoms with Crippen LogP contribution >= 0.6 is 0 Å². The van der Waals surface area contributed by atoms with Gasteiger partial charge in [-0.1, -0.05) is 67.0 Å². The van der Waals surface area contributed by atoms with Crippen molar-refractivity contribution >= 4 is 0 Å². The molecule has 18 heavy (non-hydrogen) atoms. The van der Waals surface area contributed by atoms with Crippen molar-refractivity contribution in [3.63, 3.8) is 0 Å². The van der Waals surface area contributed by atoms with Gasteiger partial charge in [-0.2, -0.15) is 0 Å². The molecule has 0 atom stereocenters. The molecule has 0 spiro atoms. The van der Waals surface area contributed by atoms with E-state index in [0.717, 1.165) is 0 Å². The number of benzene rings is 1. The fourth-order valence-corrected chi connectivity index (χ4v) is 2.54. The number of allylic oxidation sites excluding steroid dienone is 4. The third-order valence-corrected chi connectivity index (χ3v) is 3.66. The molecule has 0 heteroatoms. The summed E-state index contributed by atoms with van der Waals surface area (Å²) in [6, 6.07) is 10.8. The Bertz CT molecular complexity index is 384. The SMILES string of the molecule is C1=CCCC(CCCCCCc2ccccc2)=C1. The van der Waals surface area contributed by atoms with Gasteiger partial charge in [-0.3, -0.25) is 0 Å². The van der Waals surface area contributed by atoms with Crippen molar-refractivity contribution in [3.05, 3.63) is 59.7 Å². The first-order chi connectivity index (χ1) is 8.95. The summed E-state index contributed by atoms with van der Waals surface area (Å²) >= 11 is 0. The van der Waals surface area contributed by atoms with Crippen LogP contribution in [0, 0.1) is 0 Å². The second kappa shape index (κ2) is 7.92. The molecule has 1 aliphatic rings. The van der Waals surface area contributed by atoms with Gasteiger partial charge in [-0.25, -0.2) is 0 Å². The van der Waals surface area contributed by atoms with Crippen molar-refractivity contribution in [3.8, 4) is 0 Å². The van der Waals surface area contributed by atoms with Crippen LogP contribution in [0.3, 0.4) is 0 Å². The maximum absolute atomic E-state index is 2.31. The van der Waals surface area contributed by atoms with Crippen LogP contribution in [-0.2, 0) is 6.42 Å². The maximum Gasteiger partial charge on any atom is -0.0279 e. The smallest absolute Gasteiger partial charge is 0.0279 e. The van der Waals surface area contributed by atoms with Crippen LogP contribution in [0.15, 0.2) is 54.1 Å². The molecular weight excluding hydrogens is 216 g/mol. The molecule has 0 N–H and O–H groups in total. The van der Waals surface area contributed by atoms with Gasteiger partial charge in [-0.15, -0.1) is 0 Å². The van der Waals surface area contributed by atoms with Crippen LogP contribution in [0.2, 0.25) is 0 Å². The molecule has 0 amide bonds. The van der Waals surface area contributed by atoms with Crippen molar-refractivity contribution in [2.24, 2.45) is 0 Å². The highest BCUT2D eigenvalue weighted by atomic mass is 14.1. The number of hydrogen-bond donors (Lipinski definition) is 0. The Morgan fingerprint density at radius 2 is 1.61 bits per heavy atom. The zero-order valence-electron chi connectivity index (χ0n) is 11.3. The molecule has 0 heterocycles. The Morgan fingerprint density at radius 3 is 2.33 bits per heavy atom. The Labute approximate surface area is 111 Å². The molecule has 0 aromatic heterocycles. The summed E-state index contributed by atoms with van der Waals surface area (Å²) in [5.74, 6) is 0. The largest absolute Gasteiger partial charge is 0.0842 e. The predicted molar refractivity (Wildman–Crippen MR) is 79.7 cm³/mol. The van der Waals surface area contributed by atoms with Crippen LogP contribution in [0.25, 0.3) is 0 Å². The molecule has 1 aliphatic carbocycles. The van der Waals surface area contributed by atoms with Gasteiger partial charge in [0.05, 0.1) is 0 Å². The zero-order valence-corrected chi connectivity index (χ0v) is 11.3. The van der Waals surface area contributed by atoms with E-state index in [0.29, 0.717) is 0 Å². The molecule has 2 rings (SSSR count). The Balaban J connectivity index is 1.51. The topological polar surface area (TPSA) is 0 Å². The van der Waals surface area contributed by atoms with Gasteiger partial charge in [0.25, 0.3) is 0 Å². The van der Waals surface area contributed by atoms with E-state index < -0.39 is 0 Å². The van der Waals surface area contributed by atoms with Crippen LogP contribution in [0.4, 0.5) is 0 Å². The third-order valence-electron chi connectivity index (χ3n) is 3.66. The summed E-state index contributed by atoms with van der Waals surface area (Å²) in [7, 11) is 0. The molecule has 0 radical (unpaired) electrons. The van der Waals surface area contributed by atoms with E-state index >= 15 is 0 Å². The quantitative estimate of drug-likeness (QED) is 0.555. The molecule has 0 saturated carbocycles. The molecule has 1 aromatic rings. The van der Waals surface area contributed by atoms with Crippen molar-refractivity contribution < 1.29 is 0 Å². The summed E-state index contributed by atoms with van der Waals surface area (Å²) < 4.78 is 0. The molecular formula is C18H24. The van der Waals surface area contributed by atoms with E-state index in [9.17, 15) is 0 Å². The lowest BCUT2D eigenvalue weighted by Gasteiger charge is -2.08. The Hall–Kier alpha value is -1.30. The standard InChI is InChI=1S/C18H24/c1(5-11-17-13-7-3-8-14-17)2-6-12-18-15-9-4-10-16-18/h3-4,7-9,13-15H,1-2,5-6,10-12,16H2. The second-order valence-electron chi connectivity index (χ2n) is 5.19. The minimum atomic E-state index is 1.24. The number of unbranched alkanes of at least 4 members (excludes halogenated alkanes) is 3. The first-order valence-corrected chi connectivity index (χ1v) is 7.33. The van der Waals surface area contributed by atoms with Gasteiger partial charge >= 0.3 is 0 Å². The number of hydrogen-bond acceptors (Lipinski definition) is 0. The van der Waals surface area contributed by atoms with Crippen LogP contribution in [0.5, 0.6) is 0 Å². The highest BCUT2D eigenvalue weighted by Gasteiger charge is 1.99. The van der Waals surface area contributed by atoms with Crippen molar-refractivity contribution in [1.82, 2.24) is 0 Å². The van der Waals surface area contributed by atoms with Gasteiger partial charge in [0, 0.05) is 0 Å². The van der Waals surface area contributed by atoms with E-state index in [1.165, 1.54) is 56.9 Å². The zero-order chi connectivity index (χ0) is 12.5. The van der Waals surface area contributed by atoms with Gasteiger partial charge in [0.15, 0.2) is 0 Å². The Morgan fingerprint density at radius 1 is 0.833 bits per heavy atom. The van der Waals surface area contributed by atoms with Gasteiger partial charge in [-0.05, 0) is 44.1 Å². The highest BCUT2D eigenvalue weighted by Crippen LogP contribution is 2.19. The lowest BCUT2D eigenvalue weighted by atomic mass is 9.98. The molecule has 0 aliphatic heterocycles. The second-order valence-corrected chi connectivity index (χ2v) is 5.19. The fraction of sp³-hybridized carbons (Fsp3) is 0.444. The summed E-state index contributed by atoms with van der Waals surface area (Å²) in [6.07, 6.45) is 17.4. The van der Waals surface area contributed by atoms with E-state index in [1.54, 1.807) is 5.57 Å². The van der Waals surface area contributed by atoms with Crippen molar-refractivity contribution in [2.45, 2.75) is 51.4 Å². The van der Waals surface area contributed by atoms with E-state index in [4.69, 9.17) is 0 Å². The minimum Gasteiger partial charge on any atom is -0.0842 e. The average Bonchev–Trinajstić information content (AvgIpc) is 2.45. The molecule has 1 aromatic carbocycles. The van der Waals surface area contributed by atoms with Crippen LogP contribution in [0.1, 0.15) is 50.5 Å². The molecule has 0 nitrogen and oxygen atoms in total. The fourth-order valence-electron chi connectivity index (χ4n) is 2.54.